The molecule has 0 unspecified atom stereocenters. The number of methoxy groups -OCH3 is 1. The third-order valence-corrected chi connectivity index (χ3v) is 3.85. The number of aromatic nitrogens is 1. The lowest BCUT2D eigenvalue weighted by Gasteiger charge is -2.08. The molecule has 0 saturated carbocycles. The van der Waals surface area contributed by atoms with Crippen LogP contribution in [0, 0.1) is 0 Å². The average Bonchev–Trinajstić information content (AvgIpc) is 2.39. The summed E-state index contributed by atoms with van der Waals surface area (Å²) in [6.45, 7) is 0. The fraction of sp³-hybridized carbons (Fsp3) is 0.154. The lowest BCUT2D eigenvalue weighted by molar-refractivity contribution is 0.411. The Kier molecular flexibility index (Phi) is 4.49. The van der Waals surface area contributed by atoms with Crippen molar-refractivity contribution in [2.75, 3.05) is 12.8 Å². The molecular weight excluding hydrogens is 312 g/mol. The number of hydrogen-bond donors (Lipinski definition) is 1. The largest absolute Gasteiger partial charge is 0.496 e. The van der Waals surface area contributed by atoms with E-state index in [1.165, 1.54) is 0 Å². The van der Waals surface area contributed by atoms with Crippen LogP contribution in [0.5, 0.6) is 5.75 Å². The summed E-state index contributed by atoms with van der Waals surface area (Å²) >= 11 is 5.03. The van der Waals surface area contributed by atoms with Crippen molar-refractivity contribution in [3.8, 4) is 5.75 Å². The number of hydrogen-bond acceptors (Lipinski definition) is 4. The molecule has 18 heavy (non-hydrogen) atoms. The molecule has 0 atom stereocenters. The van der Waals surface area contributed by atoms with Gasteiger partial charge in [0.1, 0.15) is 5.75 Å². The summed E-state index contributed by atoms with van der Waals surface area (Å²) in [5.74, 6) is 1.62. The summed E-state index contributed by atoms with van der Waals surface area (Å²) in [6.07, 6.45) is 1.79. The van der Waals surface area contributed by atoms with Crippen molar-refractivity contribution in [1.82, 2.24) is 4.98 Å². The highest BCUT2D eigenvalue weighted by molar-refractivity contribution is 9.10. The van der Waals surface area contributed by atoms with E-state index in [4.69, 9.17) is 10.5 Å². The second kappa shape index (κ2) is 6.11. The average molecular weight is 325 g/mol. The van der Waals surface area contributed by atoms with Gasteiger partial charge in [-0.1, -0.05) is 6.07 Å². The zero-order valence-electron chi connectivity index (χ0n) is 9.89. The summed E-state index contributed by atoms with van der Waals surface area (Å²) in [4.78, 5) is 4.32. The van der Waals surface area contributed by atoms with Crippen LogP contribution in [0.4, 0.5) is 5.69 Å². The molecule has 0 aliphatic carbocycles. The van der Waals surface area contributed by atoms with E-state index in [2.05, 4.69) is 20.9 Å². The minimum Gasteiger partial charge on any atom is -0.496 e. The number of rotatable bonds is 4. The summed E-state index contributed by atoms with van der Waals surface area (Å²) in [7, 11) is 1.65. The molecule has 5 heteroatoms. The van der Waals surface area contributed by atoms with Gasteiger partial charge < -0.3 is 10.5 Å². The molecule has 0 bridgehead atoms. The van der Waals surface area contributed by atoms with Crippen molar-refractivity contribution in [2.45, 2.75) is 10.8 Å². The van der Waals surface area contributed by atoms with Crippen LogP contribution in [-0.4, -0.2) is 12.1 Å². The van der Waals surface area contributed by atoms with Gasteiger partial charge in [0.25, 0.3) is 0 Å². The molecule has 0 aliphatic rings. The maximum Gasteiger partial charge on any atom is 0.124 e. The Morgan fingerprint density at radius 3 is 2.83 bits per heavy atom. The number of pyridine rings is 1. The molecule has 0 saturated heterocycles. The van der Waals surface area contributed by atoms with Crippen molar-refractivity contribution in [1.29, 1.82) is 0 Å². The van der Waals surface area contributed by atoms with Crippen LogP contribution in [-0.2, 0) is 5.75 Å². The van der Waals surface area contributed by atoms with E-state index in [-0.39, 0.29) is 0 Å². The predicted molar refractivity (Wildman–Crippen MR) is 78.9 cm³/mol. The number of thioether (sulfide) groups is 1. The van der Waals surface area contributed by atoms with Crippen LogP contribution in [0.15, 0.2) is 46.0 Å². The van der Waals surface area contributed by atoms with Gasteiger partial charge in [-0.25, -0.2) is 4.98 Å². The lowest BCUT2D eigenvalue weighted by Crippen LogP contribution is -1.93. The van der Waals surface area contributed by atoms with Gasteiger partial charge in [-0.2, -0.15) is 0 Å². The van der Waals surface area contributed by atoms with Crippen molar-refractivity contribution in [2.24, 2.45) is 0 Å². The standard InChI is InChI=1S/C13H13BrN2OS/c1-17-12-6-11(15)4-2-9(12)8-18-13-5-3-10(14)7-16-13/h2-7H,8,15H2,1H3. The van der Waals surface area contributed by atoms with Crippen LogP contribution < -0.4 is 10.5 Å². The zero-order chi connectivity index (χ0) is 13.0. The number of nitrogens with zero attached hydrogens (tertiary/aromatic N) is 1. The van der Waals surface area contributed by atoms with Gasteiger partial charge in [-0.3, -0.25) is 0 Å². The molecule has 3 nitrogen and oxygen atoms in total. The predicted octanol–water partition coefficient (Wildman–Crippen LogP) is 3.73. The molecule has 94 valence electrons. The van der Waals surface area contributed by atoms with Crippen molar-refractivity contribution in [3.63, 3.8) is 0 Å². The molecule has 2 N–H and O–H groups in total. The number of halogens is 1. The van der Waals surface area contributed by atoms with Crippen molar-refractivity contribution < 1.29 is 4.74 Å². The number of ether oxygens (including phenoxy) is 1. The van der Waals surface area contributed by atoms with Gasteiger partial charge in [0.2, 0.25) is 0 Å². The Morgan fingerprint density at radius 1 is 1.33 bits per heavy atom. The first kappa shape index (κ1) is 13.2. The van der Waals surface area contributed by atoms with Gasteiger partial charge in [-0.15, -0.1) is 11.8 Å². The summed E-state index contributed by atoms with van der Waals surface area (Å²) in [6, 6.07) is 9.67. The molecule has 1 aromatic carbocycles. The summed E-state index contributed by atoms with van der Waals surface area (Å²) < 4.78 is 6.30. The van der Waals surface area contributed by atoms with Gasteiger partial charge in [0.15, 0.2) is 0 Å². The van der Waals surface area contributed by atoms with E-state index in [0.717, 1.165) is 26.6 Å². The Bertz CT molecular complexity index is 531. The van der Waals surface area contributed by atoms with E-state index in [9.17, 15) is 0 Å². The Morgan fingerprint density at radius 2 is 2.17 bits per heavy atom. The van der Waals surface area contributed by atoms with Crippen LogP contribution in [0.2, 0.25) is 0 Å². The quantitative estimate of drug-likeness (QED) is 0.687. The Labute approximate surface area is 119 Å². The first-order chi connectivity index (χ1) is 8.69. The lowest BCUT2D eigenvalue weighted by atomic mass is 10.2. The fourth-order valence-electron chi connectivity index (χ4n) is 1.48. The molecule has 0 radical (unpaired) electrons. The van der Waals surface area contributed by atoms with Crippen LogP contribution >= 0.6 is 27.7 Å². The number of anilines is 1. The number of nitrogen functional groups attached to an aromatic ring is 1. The number of nitrogens with two attached hydrogens (primary N) is 1. The summed E-state index contributed by atoms with van der Waals surface area (Å²) in [5.41, 5.74) is 7.55. The smallest absolute Gasteiger partial charge is 0.124 e. The SMILES string of the molecule is COc1cc(N)ccc1CSc1ccc(Br)cn1. The first-order valence-corrected chi connectivity index (χ1v) is 7.13. The normalized spacial score (nSPS) is 10.3. The minimum absolute atomic E-state index is 0.711. The Balaban J connectivity index is 2.08. The highest BCUT2D eigenvalue weighted by Crippen LogP contribution is 2.28. The second-order valence-electron chi connectivity index (χ2n) is 3.67. The summed E-state index contributed by atoms with van der Waals surface area (Å²) in [5, 5.41) is 0.983. The zero-order valence-corrected chi connectivity index (χ0v) is 12.3. The fourth-order valence-corrected chi connectivity index (χ4v) is 2.55. The van der Waals surface area contributed by atoms with E-state index < -0.39 is 0 Å². The maximum absolute atomic E-state index is 5.72. The molecule has 0 spiro atoms. The van der Waals surface area contributed by atoms with Gasteiger partial charge in [0.05, 0.1) is 12.1 Å². The highest BCUT2D eigenvalue weighted by atomic mass is 79.9. The van der Waals surface area contributed by atoms with E-state index in [1.54, 1.807) is 25.1 Å². The molecule has 1 aromatic heterocycles. The Hall–Kier alpha value is -1.20. The topological polar surface area (TPSA) is 48.1 Å². The maximum atomic E-state index is 5.72. The van der Waals surface area contributed by atoms with Crippen LogP contribution in [0.3, 0.4) is 0 Å². The van der Waals surface area contributed by atoms with Crippen LogP contribution in [0.1, 0.15) is 5.56 Å². The van der Waals surface area contributed by atoms with Crippen molar-refractivity contribution in [3.05, 3.63) is 46.6 Å². The third-order valence-electron chi connectivity index (χ3n) is 2.39. The van der Waals surface area contributed by atoms with E-state index in [1.807, 2.05) is 30.3 Å². The number of benzene rings is 1. The third kappa shape index (κ3) is 3.40. The minimum atomic E-state index is 0.711. The highest BCUT2D eigenvalue weighted by Gasteiger charge is 2.05. The molecule has 0 fully saturated rings. The van der Waals surface area contributed by atoms with Gasteiger partial charge >= 0.3 is 0 Å². The molecule has 2 aromatic rings. The molecular formula is C13H13BrN2OS. The van der Waals surface area contributed by atoms with Gasteiger partial charge in [0, 0.05) is 33.7 Å². The molecule has 1 heterocycles. The first-order valence-electron chi connectivity index (χ1n) is 5.36. The second-order valence-corrected chi connectivity index (χ2v) is 5.59. The van der Waals surface area contributed by atoms with E-state index >= 15 is 0 Å². The van der Waals surface area contributed by atoms with Gasteiger partial charge in [-0.05, 0) is 34.1 Å². The van der Waals surface area contributed by atoms with Crippen molar-refractivity contribution >= 4 is 33.4 Å². The van der Waals surface area contributed by atoms with E-state index in [0.29, 0.717) is 5.69 Å². The molecule has 0 amide bonds. The monoisotopic (exact) mass is 324 g/mol. The van der Waals surface area contributed by atoms with Crippen LogP contribution in [0.25, 0.3) is 0 Å². The molecule has 0 aliphatic heterocycles. The molecule has 2 rings (SSSR count).